The second-order valence-electron chi connectivity index (χ2n) is 11.7. The van der Waals surface area contributed by atoms with Crippen molar-refractivity contribution >= 4 is 22.8 Å². The van der Waals surface area contributed by atoms with E-state index in [1.807, 2.05) is 78.3 Å². The minimum atomic E-state index is -0.115. The Balaban J connectivity index is 1.34. The molecule has 1 fully saturated rings. The maximum Gasteiger partial charge on any atom is 0.237 e. The molecule has 0 radical (unpaired) electrons. The molecule has 2 aromatic heterocycles. The maximum absolute atomic E-state index is 13.0. The molecule has 2 heterocycles. The Kier molecular flexibility index (Phi) is 8.83. The van der Waals surface area contributed by atoms with Crippen LogP contribution in [-0.2, 0) is 4.79 Å². The molecule has 3 N–H and O–H groups in total. The third-order valence-corrected chi connectivity index (χ3v) is 7.91. The first-order valence-corrected chi connectivity index (χ1v) is 14.6. The molecule has 9 nitrogen and oxygen atoms in total. The number of aromatic nitrogens is 4. The molecule has 1 unspecified atom stereocenters. The van der Waals surface area contributed by atoms with Gasteiger partial charge in [-0.15, -0.1) is 0 Å². The van der Waals surface area contributed by atoms with Crippen LogP contribution >= 0.6 is 0 Å². The number of nitrogen functional groups attached to an aromatic ring is 1. The van der Waals surface area contributed by atoms with E-state index in [0.29, 0.717) is 24.2 Å². The van der Waals surface area contributed by atoms with Gasteiger partial charge in [-0.1, -0.05) is 38.5 Å². The molecule has 216 valence electrons. The van der Waals surface area contributed by atoms with Gasteiger partial charge in [-0.05, 0) is 88.0 Å². The van der Waals surface area contributed by atoms with Crippen molar-refractivity contribution in [2.45, 2.75) is 58.0 Å². The molecule has 9 heteroatoms. The van der Waals surface area contributed by atoms with Crippen molar-refractivity contribution < 1.29 is 9.53 Å². The lowest BCUT2D eigenvalue weighted by molar-refractivity contribution is -0.126. The summed E-state index contributed by atoms with van der Waals surface area (Å²) in [7, 11) is 3.95. The number of fused-ring (bicyclic) bond motifs is 1. The molecule has 1 saturated carbocycles. The molecule has 5 rings (SSSR count). The van der Waals surface area contributed by atoms with Gasteiger partial charge in [0, 0.05) is 12.1 Å². The summed E-state index contributed by atoms with van der Waals surface area (Å²) >= 11 is 0. The molecule has 4 aromatic rings. The second kappa shape index (κ2) is 12.7. The number of carbonyl (C=O) groups excluding carboxylic acids is 1. The predicted molar refractivity (Wildman–Crippen MR) is 163 cm³/mol. The molecule has 0 saturated heterocycles. The van der Waals surface area contributed by atoms with Gasteiger partial charge in [0.05, 0.1) is 17.5 Å². The monoisotopic (exact) mass is 555 g/mol. The highest BCUT2D eigenvalue weighted by molar-refractivity contribution is 5.98. The molecular weight excluding hydrogens is 514 g/mol. The standard InChI is InChI=1S/C32H41N7O2/c1-21(2)17-27(38(3)4)32(40)34-19-22-9-8-10-24(18-22)39-31-28(30(33)35-20-36-31)29(37-39)23-13-15-26(16-14-23)41-25-11-6-5-7-12-25/h5-7,11-16,20-22,24,27H,8-10,17-19H2,1-4H3,(H,34,40)(H2,33,35,36)/t22?,24-,27+/m1/s1. The van der Waals surface area contributed by atoms with Crippen LogP contribution in [0.15, 0.2) is 60.9 Å². The molecule has 41 heavy (non-hydrogen) atoms. The highest BCUT2D eigenvalue weighted by atomic mass is 16.5. The number of nitrogens with two attached hydrogens (primary N) is 1. The predicted octanol–water partition coefficient (Wildman–Crippen LogP) is 5.69. The van der Waals surface area contributed by atoms with Crippen LogP contribution in [-0.4, -0.2) is 57.2 Å². The number of amides is 1. The average Bonchev–Trinajstić information content (AvgIpc) is 3.37. The zero-order valence-corrected chi connectivity index (χ0v) is 24.5. The minimum Gasteiger partial charge on any atom is -0.457 e. The van der Waals surface area contributed by atoms with E-state index in [2.05, 4.69) is 29.1 Å². The van der Waals surface area contributed by atoms with E-state index in [9.17, 15) is 4.79 Å². The SMILES string of the molecule is CC(C)C[C@@H](C(=O)NCC1CCC[C@@H](n2nc(-c3ccc(Oc4ccccc4)cc3)c3c(N)ncnc32)C1)N(C)C. The van der Waals surface area contributed by atoms with Gasteiger partial charge in [0.2, 0.25) is 5.91 Å². The lowest BCUT2D eigenvalue weighted by atomic mass is 9.85. The lowest BCUT2D eigenvalue weighted by Crippen LogP contribution is -2.46. The quantitative estimate of drug-likeness (QED) is 0.259. The van der Waals surface area contributed by atoms with E-state index in [-0.39, 0.29) is 18.0 Å². The first kappa shape index (κ1) is 28.5. The fourth-order valence-electron chi connectivity index (χ4n) is 5.79. The highest BCUT2D eigenvalue weighted by Crippen LogP contribution is 2.38. The summed E-state index contributed by atoms with van der Waals surface area (Å²) < 4.78 is 8.01. The Bertz CT molecular complexity index is 1450. The van der Waals surface area contributed by atoms with Crippen molar-refractivity contribution in [2.24, 2.45) is 11.8 Å². The summed E-state index contributed by atoms with van der Waals surface area (Å²) in [6.45, 7) is 4.98. The van der Waals surface area contributed by atoms with Gasteiger partial charge in [0.15, 0.2) is 5.65 Å². The Morgan fingerprint density at radius 3 is 2.51 bits per heavy atom. The van der Waals surface area contributed by atoms with Crippen molar-refractivity contribution in [2.75, 3.05) is 26.4 Å². The third-order valence-electron chi connectivity index (χ3n) is 7.91. The number of nitrogens with zero attached hydrogens (tertiary/aromatic N) is 5. The van der Waals surface area contributed by atoms with Crippen LogP contribution in [0.25, 0.3) is 22.3 Å². The van der Waals surface area contributed by atoms with Crippen LogP contribution in [0.3, 0.4) is 0 Å². The number of rotatable bonds is 10. The van der Waals surface area contributed by atoms with E-state index < -0.39 is 0 Å². The Hall–Kier alpha value is -3.98. The average molecular weight is 556 g/mol. The fraction of sp³-hybridized carbons (Fsp3) is 0.438. The van der Waals surface area contributed by atoms with Crippen LogP contribution in [0.1, 0.15) is 52.0 Å². The summed E-state index contributed by atoms with van der Waals surface area (Å²) in [5.41, 5.74) is 8.82. The number of benzene rings is 2. The summed E-state index contributed by atoms with van der Waals surface area (Å²) in [5.74, 6) is 2.88. The number of para-hydroxylation sites is 1. The van der Waals surface area contributed by atoms with Gasteiger partial charge >= 0.3 is 0 Å². The largest absolute Gasteiger partial charge is 0.457 e. The molecule has 0 spiro atoms. The molecule has 0 aliphatic heterocycles. The molecule has 2 aromatic carbocycles. The van der Waals surface area contributed by atoms with Crippen molar-refractivity contribution in [3.63, 3.8) is 0 Å². The smallest absolute Gasteiger partial charge is 0.237 e. The van der Waals surface area contributed by atoms with Crippen LogP contribution in [0, 0.1) is 11.8 Å². The molecule has 3 atom stereocenters. The van der Waals surface area contributed by atoms with E-state index in [1.165, 1.54) is 6.33 Å². The van der Waals surface area contributed by atoms with E-state index in [0.717, 1.165) is 65.9 Å². The lowest BCUT2D eigenvalue weighted by Gasteiger charge is -2.31. The zero-order valence-electron chi connectivity index (χ0n) is 24.5. The summed E-state index contributed by atoms with van der Waals surface area (Å²) in [6.07, 6.45) is 6.42. The van der Waals surface area contributed by atoms with Crippen LogP contribution in [0.2, 0.25) is 0 Å². The van der Waals surface area contributed by atoms with Crippen LogP contribution in [0.5, 0.6) is 11.5 Å². The maximum atomic E-state index is 13.0. The number of carbonyl (C=O) groups is 1. The van der Waals surface area contributed by atoms with Crippen molar-refractivity contribution in [3.8, 4) is 22.8 Å². The fourth-order valence-corrected chi connectivity index (χ4v) is 5.79. The first-order chi connectivity index (χ1) is 19.8. The number of anilines is 1. The molecule has 1 aliphatic carbocycles. The number of ether oxygens (including phenoxy) is 1. The molecular formula is C32H41N7O2. The Morgan fingerprint density at radius 2 is 1.80 bits per heavy atom. The van der Waals surface area contributed by atoms with Gasteiger partial charge in [0.25, 0.3) is 0 Å². The first-order valence-electron chi connectivity index (χ1n) is 14.6. The summed E-state index contributed by atoms with van der Waals surface area (Å²) in [5, 5.41) is 9.08. The van der Waals surface area contributed by atoms with Crippen molar-refractivity contribution in [3.05, 3.63) is 60.9 Å². The van der Waals surface area contributed by atoms with Gasteiger partial charge < -0.3 is 15.8 Å². The number of hydrogen-bond donors (Lipinski definition) is 2. The van der Waals surface area contributed by atoms with Gasteiger partial charge in [-0.2, -0.15) is 5.10 Å². The second-order valence-corrected chi connectivity index (χ2v) is 11.7. The minimum absolute atomic E-state index is 0.109. The van der Waals surface area contributed by atoms with E-state index in [1.54, 1.807) is 0 Å². The van der Waals surface area contributed by atoms with Crippen LogP contribution < -0.4 is 15.8 Å². The Morgan fingerprint density at radius 1 is 1.07 bits per heavy atom. The van der Waals surface area contributed by atoms with Crippen molar-refractivity contribution in [1.82, 2.24) is 30.0 Å². The van der Waals surface area contributed by atoms with Crippen molar-refractivity contribution in [1.29, 1.82) is 0 Å². The zero-order chi connectivity index (χ0) is 28.9. The van der Waals surface area contributed by atoms with Gasteiger partial charge in [-0.3, -0.25) is 9.69 Å². The Labute approximate surface area is 242 Å². The summed E-state index contributed by atoms with van der Waals surface area (Å²) in [4.78, 5) is 23.9. The number of hydrogen-bond acceptors (Lipinski definition) is 7. The van der Waals surface area contributed by atoms with Crippen LogP contribution in [0.4, 0.5) is 5.82 Å². The summed E-state index contributed by atoms with van der Waals surface area (Å²) in [6, 6.07) is 17.6. The van der Waals surface area contributed by atoms with Gasteiger partial charge in [0.1, 0.15) is 29.3 Å². The van der Waals surface area contributed by atoms with E-state index >= 15 is 0 Å². The third kappa shape index (κ3) is 6.68. The van der Waals surface area contributed by atoms with E-state index in [4.69, 9.17) is 15.6 Å². The number of nitrogens with one attached hydrogen (secondary N) is 1. The normalized spacial score (nSPS) is 18.1. The van der Waals surface area contributed by atoms with Gasteiger partial charge in [-0.25, -0.2) is 14.6 Å². The topological polar surface area (TPSA) is 111 Å². The number of likely N-dealkylation sites (N-methyl/N-ethyl adjacent to an activating group) is 1. The molecule has 1 amide bonds. The molecule has 0 bridgehead atoms. The molecule has 1 aliphatic rings. The highest BCUT2D eigenvalue weighted by Gasteiger charge is 2.29.